The van der Waals surface area contributed by atoms with Crippen LogP contribution in [0.4, 0.5) is 0 Å². The van der Waals surface area contributed by atoms with E-state index in [1.54, 1.807) is 19.0 Å². The van der Waals surface area contributed by atoms with E-state index in [9.17, 15) is 9.59 Å². The monoisotopic (exact) mass is 238 g/mol. The summed E-state index contributed by atoms with van der Waals surface area (Å²) in [6, 6.07) is 1.99. The van der Waals surface area contributed by atoms with Crippen molar-refractivity contribution in [1.82, 2.24) is 9.80 Å². The summed E-state index contributed by atoms with van der Waals surface area (Å²) in [5.74, 6) is -0.0418. The molecule has 0 spiro atoms. The highest BCUT2D eigenvalue weighted by Crippen LogP contribution is 2.23. The van der Waals surface area contributed by atoms with Crippen LogP contribution in [0.25, 0.3) is 0 Å². The number of thiophene rings is 1. The Morgan fingerprint density at radius 1 is 1.56 bits per heavy atom. The number of hydrogen-bond acceptors (Lipinski definition) is 3. The van der Waals surface area contributed by atoms with E-state index < -0.39 is 0 Å². The summed E-state index contributed by atoms with van der Waals surface area (Å²) >= 11 is 1.46. The van der Waals surface area contributed by atoms with E-state index in [4.69, 9.17) is 0 Å². The third-order valence-electron chi connectivity index (χ3n) is 2.70. The molecule has 0 N–H and O–H groups in total. The van der Waals surface area contributed by atoms with Crippen LogP contribution in [-0.4, -0.2) is 48.8 Å². The van der Waals surface area contributed by atoms with Crippen LogP contribution in [0.2, 0.25) is 0 Å². The summed E-state index contributed by atoms with van der Waals surface area (Å²) in [6.45, 7) is 0.825. The van der Waals surface area contributed by atoms with Gasteiger partial charge in [0.05, 0.1) is 4.88 Å². The maximum Gasteiger partial charge on any atom is 0.264 e. The third kappa shape index (κ3) is 1.95. The Bertz CT molecular complexity index is 425. The van der Waals surface area contributed by atoms with Crippen molar-refractivity contribution >= 4 is 23.2 Å². The van der Waals surface area contributed by atoms with Gasteiger partial charge >= 0.3 is 0 Å². The summed E-state index contributed by atoms with van der Waals surface area (Å²) in [7, 11) is 3.40. The molecule has 0 aliphatic carbocycles. The van der Waals surface area contributed by atoms with Gasteiger partial charge in [-0.2, -0.15) is 0 Å². The Morgan fingerprint density at radius 2 is 2.31 bits per heavy atom. The van der Waals surface area contributed by atoms with Crippen LogP contribution in [-0.2, 0) is 11.2 Å². The maximum absolute atomic E-state index is 12.0. The molecule has 0 radical (unpaired) electrons. The van der Waals surface area contributed by atoms with Crippen molar-refractivity contribution in [2.45, 2.75) is 6.42 Å². The first-order chi connectivity index (χ1) is 7.59. The Balaban J connectivity index is 2.10. The van der Waals surface area contributed by atoms with Gasteiger partial charge in [-0.05, 0) is 23.4 Å². The number of amides is 2. The fourth-order valence-electron chi connectivity index (χ4n) is 1.68. The average Bonchev–Trinajstić information content (AvgIpc) is 2.70. The first-order valence-corrected chi connectivity index (χ1v) is 6.03. The fraction of sp³-hybridized carbons (Fsp3) is 0.455. The molecule has 0 bridgehead atoms. The van der Waals surface area contributed by atoms with Crippen LogP contribution < -0.4 is 0 Å². The molecule has 1 aromatic rings. The lowest BCUT2D eigenvalue weighted by atomic mass is 10.1. The Morgan fingerprint density at radius 3 is 3.00 bits per heavy atom. The predicted octanol–water partition coefficient (Wildman–Crippen LogP) is 0.835. The van der Waals surface area contributed by atoms with Crippen LogP contribution in [0.3, 0.4) is 0 Å². The topological polar surface area (TPSA) is 40.6 Å². The van der Waals surface area contributed by atoms with Crippen molar-refractivity contribution in [1.29, 1.82) is 0 Å². The van der Waals surface area contributed by atoms with Crippen molar-refractivity contribution in [3.63, 3.8) is 0 Å². The molecule has 0 aromatic carbocycles. The third-order valence-corrected chi connectivity index (χ3v) is 3.65. The molecule has 4 nitrogen and oxygen atoms in total. The molecule has 0 saturated heterocycles. The standard InChI is InChI=1S/C11H14N2O2S/c1-12(2)9(14)7-13-5-3-8-4-6-16-10(8)11(13)15/h4,6H,3,5,7H2,1-2H3. The molecule has 5 heteroatoms. The number of likely N-dealkylation sites (N-methyl/N-ethyl adjacent to an activating group) is 1. The molecule has 2 rings (SSSR count). The molecule has 1 aliphatic rings. The number of nitrogens with zero attached hydrogens (tertiary/aromatic N) is 2. The van der Waals surface area contributed by atoms with Gasteiger partial charge in [-0.25, -0.2) is 0 Å². The van der Waals surface area contributed by atoms with Crippen molar-refractivity contribution in [3.05, 3.63) is 21.9 Å². The maximum atomic E-state index is 12.0. The zero-order valence-corrected chi connectivity index (χ0v) is 10.2. The summed E-state index contributed by atoms with van der Waals surface area (Å²) in [6.07, 6.45) is 0.852. The van der Waals surface area contributed by atoms with E-state index in [1.807, 2.05) is 11.4 Å². The molecule has 1 aliphatic heterocycles. The molecule has 2 amide bonds. The van der Waals surface area contributed by atoms with Gasteiger partial charge in [0.25, 0.3) is 5.91 Å². The highest BCUT2D eigenvalue weighted by Gasteiger charge is 2.27. The molecular weight excluding hydrogens is 224 g/mol. The van der Waals surface area contributed by atoms with E-state index in [2.05, 4.69) is 0 Å². The minimum atomic E-state index is -0.0339. The van der Waals surface area contributed by atoms with Crippen LogP contribution in [0.5, 0.6) is 0 Å². The summed E-state index contributed by atoms with van der Waals surface area (Å²) in [5.41, 5.74) is 1.11. The van der Waals surface area contributed by atoms with E-state index >= 15 is 0 Å². The SMILES string of the molecule is CN(C)C(=O)CN1CCc2ccsc2C1=O. The highest BCUT2D eigenvalue weighted by atomic mass is 32.1. The second-order valence-corrected chi connectivity index (χ2v) is 4.96. The zero-order chi connectivity index (χ0) is 11.7. The van der Waals surface area contributed by atoms with E-state index in [-0.39, 0.29) is 18.4 Å². The normalized spacial score (nSPS) is 14.9. The van der Waals surface area contributed by atoms with Crippen LogP contribution in [0.15, 0.2) is 11.4 Å². The van der Waals surface area contributed by atoms with Crippen molar-refractivity contribution in [3.8, 4) is 0 Å². The molecule has 1 aromatic heterocycles. The van der Waals surface area contributed by atoms with Gasteiger partial charge < -0.3 is 9.80 Å². The minimum absolute atomic E-state index is 0.00792. The van der Waals surface area contributed by atoms with Crippen molar-refractivity contribution in [2.75, 3.05) is 27.2 Å². The quantitative estimate of drug-likeness (QED) is 0.766. The van der Waals surface area contributed by atoms with Crippen LogP contribution in [0.1, 0.15) is 15.2 Å². The van der Waals surface area contributed by atoms with Gasteiger partial charge in [-0.1, -0.05) is 0 Å². The molecule has 0 saturated carbocycles. The Hall–Kier alpha value is -1.36. The van der Waals surface area contributed by atoms with Gasteiger partial charge in [0.1, 0.15) is 6.54 Å². The van der Waals surface area contributed by atoms with E-state index in [0.29, 0.717) is 6.54 Å². The van der Waals surface area contributed by atoms with Gasteiger partial charge in [-0.15, -0.1) is 11.3 Å². The second kappa shape index (κ2) is 4.25. The summed E-state index contributed by atoms with van der Waals surface area (Å²) < 4.78 is 0. The number of carbonyl (C=O) groups is 2. The Labute approximate surface area is 98.5 Å². The van der Waals surface area contributed by atoms with Gasteiger partial charge in [0, 0.05) is 20.6 Å². The first kappa shape index (κ1) is 11.1. The zero-order valence-electron chi connectivity index (χ0n) is 9.40. The van der Waals surface area contributed by atoms with Gasteiger partial charge in [-0.3, -0.25) is 9.59 Å². The predicted molar refractivity (Wildman–Crippen MR) is 62.6 cm³/mol. The van der Waals surface area contributed by atoms with Crippen molar-refractivity contribution in [2.24, 2.45) is 0 Å². The molecule has 16 heavy (non-hydrogen) atoms. The smallest absolute Gasteiger partial charge is 0.264 e. The molecule has 0 fully saturated rings. The number of carbonyl (C=O) groups excluding carboxylic acids is 2. The fourth-order valence-corrected chi connectivity index (χ4v) is 2.60. The molecule has 86 valence electrons. The second-order valence-electron chi connectivity index (χ2n) is 4.04. The van der Waals surface area contributed by atoms with Gasteiger partial charge in [0.15, 0.2) is 0 Å². The largest absolute Gasteiger partial charge is 0.347 e. The molecule has 0 atom stereocenters. The Kier molecular flexibility index (Phi) is 2.96. The van der Waals surface area contributed by atoms with Crippen LogP contribution >= 0.6 is 11.3 Å². The summed E-state index contributed by atoms with van der Waals surface area (Å²) in [4.78, 5) is 27.5. The number of fused-ring (bicyclic) bond motifs is 1. The number of hydrogen-bond donors (Lipinski definition) is 0. The summed E-state index contributed by atoms with van der Waals surface area (Å²) in [5, 5.41) is 1.93. The molecular formula is C11H14N2O2S. The lowest BCUT2D eigenvalue weighted by Gasteiger charge is -2.27. The van der Waals surface area contributed by atoms with Gasteiger partial charge in [0.2, 0.25) is 5.91 Å². The van der Waals surface area contributed by atoms with E-state index in [0.717, 1.165) is 16.9 Å². The number of rotatable bonds is 2. The highest BCUT2D eigenvalue weighted by molar-refractivity contribution is 7.12. The lowest BCUT2D eigenvalue weighted by molar-refractivity contribution is -0.129. The van der Waals surface area contributed by atoms with Crippen LogP contribution in [0, 0.1) is 0 Å². The minimum Gasteiger partial charge on any atom is -0.347 e. The first-order valence-electron chi connectivity index (χ1n) is 5.15. The van der Waals surface area contributed by atoms with E-state index in [1.165, 1.54) is 16.2 Å². The lowest BCUT2D eigenvalue weighted by Crippen LogP contribution is -2.43. The van der Waals surface area contributed by atoms with Crippen molar-refractivity contribution < 1.29 is 9.59 Å². The molecule has 0 unspecified atom stereocenters. The average molecular weight is 238 g/mol. The molecule has 2 heterocycles.